The maximum atomic E-state index is 12.8. The second-order valence-electron chi connectivity index (χ2n) is 7.99. The van der Waals surface area contributed by atoms with E-state index in [9.17, 15) is 26.4 Å². The molecule has 33 heavy (non-hydrogen) atoms. The summed E-state index contributed by atoms with van der Waals surface area (Å²) < 4.78 is 52.0. The van der Waals surface area contributed by atoms with Crippen molar-refractivity contribution in [2.75, 3.05) is 24.2 Å². The highest BCUT2D eigenvalue weighted by Crippen LogP contribution is 2.30. The molecular weight excluding hydrogens is 466 g/mol. The third-order valence-electron chi connectivity index (χ3n) is 5.44. The number of rotatable bonds is 8. The maximum Gasteiger partial charge on any atom is 0.243 e. The first-order chi connectivity index (χ1) is 15.5. The Bertz CT molecular complexity index is 1240. The molecule has 0 heterocycles. The fourth-order valence-corrected chi connectivity index (χ4v) is 6.75. The first kappa shape index (κ1) is 24.9. The number of hydrogen-bond acceptors (Lipinski definition) is 6. The lowest BCUT2D eigenvalue weighted by atomic mass is 10.3. The topological polar surface area (TPSA) is 130 Å². The SMILES string of the molecule is CC(=O)Nc1ccc(S(=O)(=O)N(C)CC(=O)Nc2cccc(S(=O)(=O)C3CCCC3)c2)cc1. The molecule has 0 aliphatic heterocycles. The molecule has 0 spiro atoms. The number of nitrogens with one attached hydrogen (secondary N) is 2. The van der Waals surface area contributed by atoms with Crippen LogP contribution in [0.1, 0.15) is 32.6 Å². The second-order valence-corrected chi connectivity index (χ2v) is 12.3. The average molecular weight is 494 g/mol. The molecule has 2 amide bonds. The Morgan fingerprint density at radius 3 is 2.15 bits per heavy atom. The minimum Gasteiger partial charge on any atom is -0.326 e. The van der Waals surface area contributed by atoms with Crippen molar-refractivity contribution in [2.45, 2.75) is 47.6 Å². The van der Waals surface area contributed by atoms with Crippen molar-refractivity contribution in [3.8, 4) is 0 Å². The summed E-state index contributed by atoms with van der Waals surface area (Å²) >= 11 is 0. The van der Waals surface area contributed by atoms with Crippen molar-refractivity contribution in [3.05, 3.63) is 48.5 Å². The predicted molar refractivity (Wildman–Crippen MR) is 125 cm³/mol. The lowest BCUT2D eigenvalue weighted by Gasteiger charge is -2.17. The summed E-state index contributed by atoms with van der Waals surface area (Å²) in [4.78, 5) is 23.7. The van der Waals surface area contributed by atoms with Crippen LogP contribution in [0.4, 0.5) is 11.4 Å². The van der Waals surface area contributed by atoms with E-state index in [-0.39, 0.29) is 21.4 Å². The monoisotopic (exact) mass is 493 g/mol. The van der Waals surface area contributed by atoms with Crippen LogP contribution in [0, 0.1) is 0 Å². The highest BCUT2D eigenvalue weighted by atomic mass is 32.2. The van der Waals surface area contributed by atoms with Crippen LogP contribution in [-0.4, -0.2) is 51.8 Å². The Morgan fingerprint density at radius 2 is 1.55 bits per heavy atom. The molecule has 9 nitrogen and oxygen atoms in total. The third kappa shape index (κ3) is 5.98. The predicted octanol–water partition coefficient (Wildman–Crippen LogP) is 2.62. The zero-order valence-electron chi connectivity index (χ0n) is 18.4. The van der Waals surface area contributed by atoms with Gasteiger partial charge in [-0.15, -0.1) is 0 Å². The van der Waals surface area contributed by atoms with Gasteiger partial charge in [0, 0.05) is 25.3 Å². The molecular formula is C22H27N3O6S2. The van der Waals surface area contributed by atoms with Crippen LogP contribution in [0.15, 0.2) is 58.3 Å². The summed E-state index contributed by atoms with van der Waals surface area (Å²) in [6, 6.07) is 11.6. The van der Waals surface area contributed by atoms with E-state index >= 15 is 0 Å². The van der Waals surface area contributed by atoms with Gasteiger partial charge < -0.3 is 10.6 Å². The molecule has 178 valence electrons. The molecule has 2 N–H and O–H groups in total. The van der Waals surface area contributed by atoms with Crippen LogP contribution in [0.25, 0.3) is 0 Å². The highest BCUT2D eigenvalue weighted by molar-refractivity contribution is 7.92. The number of carbonyl (C=O) groups excluding carboxylic acids is 2. The van der Waals surface area contributed by atoms with Crippen LogP contribution < -0.4 is 10.6 Å². The number of sulfone groups is 1. The lowest BCUT2D eigenvalue weighted by molar-refractivity contribution is -0.116. The number of carbonyl (C=O) groups is 2. The maximum absolute atomic E-state index is 12.8. The molecule has 0 atom stereocenters. The van der Waals surface area contributed by atoms with Crippen molar-refractivity contribution in [1.82, 2.24) is 4.31 Å². The van der Waals surface area contributed by atoms with Crippen molar-refractivity contribution >= 4 is 43.0 Å². The fraction of sp³-hybridized carbons (Fsp3) is 0.364. The van der Waals surface area contributed by atoms with Crippen LogP contribution in [-0.2, 0) is 29.4 Å². The number of amides is 2. The Labute approximate surface area is 194 Å². The fourth-order valence-electron chi connectivity index (χ4n) is 3.72. The summed E-state index contributed by atoms with van der Waals surface area (Å²) in [6.07, 6.45) is 3.04. The molecule has 1 saturated carbocycles. The van der Waals surface area contributed by atoms with Gasteiger partial charge >= 0.3 is 0 Å². The zero-order valence-corrected chi connectivity index (χ0v) is 20.1. The van der Waals surface area contributed by atoms with E-state index in [0.717, 1.165) is 17.1 Å². The minimum absolute atomic E-state index is 0.0310. The summed E-state index contributed by atoms with van der Waals surface area (Å²) in [6.45, 7) is 0.881. The van der Waals surface area contributed by atoms with Gasteiger partial charge in [-0.05, 0) is 55.3 Å². The van der Waals surface area contributed by atoms with Crippen LogP contribution in [0.2, 0.25) is 0 Å². The molecule has 1 aliphatic rings. The Morgan fingerprint density at radius 1 is 0.909 bits per heavy atom. The van der Waals surface area contributed by atoms with Crippen LogP contribution in [0.3, 0.4) is 0 Å². The number of likely N-dealkylation sites (N-methyl/N-ethyl adjacent to an activating group) is 1. The number of benzene rings is 2. The third-order valence-corrected chi connectivity index (χ3v) is 9.51. The van der Waals surface area contributed by atoms with Gasteiger partial charge in [0.1, 0.15) is 0 Å². The normalized spacial score (nSPS) is 14.9. The highest BCUT2D eigenvalue weighted by Gasteiger charge is 2.30. The van der Waals surface area contributed by atoms with Gasteiger partial charge in [-0.25, -0.2) is 16.8 Å². The largest absolute Gasteiger partial charge is 0.326 e. The van der Waals surface area contributed by atoms with Gasteiger partial charge in [-0.2, -0.15) is 4.31 Å². The van der Waals surface area contributed by atoms with Crippen LogP contribution >= 0.6 is 0 Å². The molecule has 0 saturated heterocycles. The first-order valence-electron chi connectivity index (χ1n) is 10.5. The van der Waals surface area contributed by atoms with Gasteiger partial charge in [0.15, 0.2) is 9.84 Å². The standard InChI is InChI=1S/C22H27N3O6S2/c1-16(26)23-17-10-12-20(13-11-17)33(30,31)25(2)15-22(27)24-18-6-5-9-21(14-18)32(28,29)19-7-3-4-8-19/h5-6,9-14,19H,3-4,7-8,15H2,1-2H3,(H,23,26)(H,24,27). The molecule has 11 heteroatoms. The van der Waals surface area contributed by atoms with Crippen molar-refractivity contribution < 1.29 is 26.4 Å². The molecule has 2 aromatic carbocycles. The van der Waals surface area contributed by atoms with Gasteiger partial charge in [0.2, 0.25) is 21.8 Å². The minimum atomic E-state index is -3.95. The smallest absolute Gasteiger partial charge is 0.243 e. The Hall–Kier alpha value is -2.76. The summed E-state index contributed by atoms with van der Waals surface area (Å²) in [5, 5.41) is 4.72. The van der Waals surface area contributed by atoms with E-state index in [1.807, 2.05) is 0 Å². The van der Waals surface area contributed by atoms with Gasteiger partial charge in [0.05, 0.1) is 21.6 Å². The first-order valence-corrected chi connectivity index (χ1v) is 13.5. The van der Waals surface area contributed by atoms with E-state index in [2.05, 4.69) is 10.6 Å². The van der Waals surface area contributed by atoms with Crippen LogP contribution in [0.5, 0.6) is 0 Å². The Balaban J connectivity index is 1.67. The second kappa shape index (κ2) is 10.0. The van der Waals surface area contributed by atoms with Crippen molar-refractivity contribution in [3.63, 3.8) is 0 Å². The van der Waals surface area contributed by atoms with Crippen molar-refractivity contribution in [2.24, 2.45) is 0 Å². The van der Waals surface area contributed by atoms with Gasteiger partial charge in [0.25, 0.3) is 0 Å². The molecule has 0 unspecified atom stereocenters. The van der Waals surface area contributed by atoms with E-state index < -0.39 is 37.6 Å². The number of nitrogens with zero attached hydrogens (tertiary/aromatic N) is 1. The number of hydrogen-bond donors (Lipinski definition) is 2. The average Bonchev–Trinajstić information content (AvgIpc) is 3.29. The number of anilines is 2. The molecule has 0 aromatic heterocycles. The summed E-state index contributed by atoms with van der Waals surface area (Å²) in [7, 11) is -6.15. The van der Waals surface area contributed by atoms with E-state index in [1.54, 1.807) is 12.1 Å². The van der Waals surface area contributed by atoms with Gasteiger partial charge in [-0.3, -0.25) is 9.59 Å². The van der Waals surface area contributed by atoms with Gasteiger partial charge in [-0.1, -0.05) is 18.9 Å². The number of sulfonamides is 1. The zero-order chi connectivity index (χ0) is 24.2. The Kier molecular flexibility index (Phi) is 7.55. The molecule has 2 aromatic rings. The van der Waals surface area contributed by atoms with Crippen molar-refractivity contribution in [1.29, 1.82) is 0 Å². The molecule has 1 fully saturated rings. The lowest BCUT2D eigenvalue weighted by Crippen LogP contribution is -2.35. The molecule has 1 aliphatic carbocycles. The molecule has 0 radical (unpaired) electrons. The van der Waals surface area contributed by atoms with E-state index in [4.69, 9.17) is 0 Å². The van der Waals surface area contributed by atoms with E-state index in [0.29, 0.717) is 18.5 Å². The molecule has 3 rings (SSSR count). The summed E-state index contributed by atoms with van der Waals surface area (Å²) in [5.74, 6) is -0.883. The molecule has 0 bridgehead atoms. The van der Waals surface area contributed by atoms with E-state index in [1.165, 1.54) is 50.4 Å². The summed E-state index contributed by atoms with van der Waals surface area (Å²) in [5.41, 5.74) is 0.735. The quantitative estimate of drug-likeness (QED) is 0.581.